The van der Waals surface area contributed by atoms with E-state index in [-0.39, 0.29) is 5.91 Å². The third kappa shape index (κ3) is 3.04. The summed E-state index contributed by atoms with van der Waals surface area (Å²) in [6.45, 7) is 4.83. The molecule has 5 heteroatoms. The second-order valence-electron chi connectivity index (χ2n) is 5.24. The van der Waals surface area contributed by atoms with Crippen molar-refractivity contribution in [2.75, 3.05) is 6.54 Å². The molecule has 0 radical (unpaired) electrons. The number of benzene rings is 1. The molecule has 0 unspecified atom stereocenters. The van der Waals surface area contributed by atoms with Crippen molar-refractivity contribution in [1.82, 2.24) is 10.1 Å². The van der Waals surface area contributed by atoms with Gasteiger partial charge in [0.1, 0.15) is 11.3 Å². The van der Waals surface area contributed by atoms with Crippen LogP contribution in [0.5, 0.6) is 0 Å². The van der Waals surface area contributed by atoms with Crippen LogP contribution < -0.4 is 0 Å². The number of carbonyl (C=O) groups is 1. The van der Waals surface area contributed by atoms with Crippen LogP contribution >= 0.6 is 0 Å². The third-order valence-corrected chi connectivity index (χ3v) is 3.72. The zero-order valence-electron chi connectivity index (χ0n) is 13.2. The minimum absolute atomic E-state index is 0.110. The standard InChI is InChI=1S/C18H18N2O3/c1-3-20(12-14-8-5-4-6-9-14)18(21)16-13(2)23-19-17(16)15-10-7-11-22-15/h4-11H,3,12H2,1-2H3. The Balaban J connectivity index is 1.91. The Kier molecular flexibility index (Phi) is 4.28. The molecule has 0 saturated heterocycles. The number of carbonyl (C=O) groups excluding carboxylic acids is 1. The fraction of sp³-hybridized carbons (Fsp3) is 0.222. The molecule has 2 aromatic heterocycles. The van der Waals surface area contributed by atoms with Gasteiger partial charge in [-0.2, -0.15) is 0 Å². The fourth-order valence-electron chi connectivity index (χ4n) is 2.49. The van der Waals surface area contributed by atoms with Gasteiger partial charge < -0.3 is 13.8 Å². The zero-order chi connectivity index (χ0) is 16.2. The number of rotatable bonds is 5. The molecular formula is C18H18N2O3. The van der Waals surface area contributed by atoms with E-state index < -0.39 is 0 Å². The number of hydrogen-bond acceptors (Lipinski definition) is 4. The van der Waals surface area contributed by atoms with E-state index in [0.29, 0.717) is 35.9 Å². The van der Waals surface area contributed by atoms with E-state index in [1.807, 2.05) is 37.3 Å². The number of aromatic nitrogens is 1. The minimum Gasteiger partial charge on any atom is -0.463 e. The Morgan fingerprint density at radius 1 is 1.17 bits per heavy atom. The Labute approximate surface area is 134 Å². The molecule has 0 bridgehead atoms. The molecule has 3 rings (SSSR count). The lowest BCUT2D eigenvalue weighted by Crippen LogP contribution is -2.30. The Hall–Kier alpha value is -2.82. The molecule has 0 spiro atoms. The highest BCUT2D eigenvalue weighted by Gasteiger charge is 2.26. The highest BCUT2D eigenvalue weighted by Crippen LogP contribution is 2.27. The largest absolute Gasteiger partial charge is 0.463 e. The molecule has 0 fully saturated rings. The fourth-order valence-corrected chi connectivity index (χ4v) is 2.49. The van der Waals surface area contributed by atoms with Gasteiger partial charge in [-0.1, -0.05) is 35.5 Å². The van der Waals surface area contributed by atoms with Crippen molar-refractivity contribution >= 4 is 5.91 Å². The van der Waals surface area contributed by atoms with Gasteiger partial charge in [0, 0.05) is 13.1 Å². The molecule has 1 amide bonds. The van der Waals surface area contributed by atoms with Gasteiger partial charge in [0.05, 0.1) is 6.26 Å². The van der Waals surface area contributed by atoms with E-state index in [1.165, 1.54) is 0 Å². The first-order chi connectivity index (χ1) is 11.2. The molecule has 3 aromatic rings. The quantitative estimate of drug-likeness (QED) is 0.717. The van der Waals surface area contributed by atoms with E-state index in [1.54, 1.807) is 30.2 Å². The van der Waals surface area contributed by atoms with E-state index >= 15 is 0 Å². The average Bonchev–Trinajstić information content (AvgIpc) is 3.22. The summed E-state index contributed by atoms with van der Waals surface area (Å²) < 4.78 is 10.6. The second kappa shape index (κ2) is 6.52. The zero-order valence-corrected chi connectivity index (χ0v) is 13.2. The molecule has 0 aliphatic rings. The molecule has 118 valence electrons. The first-order valence-electron chi connectivity index (χ1n) is 7.54. The SMILES string of the molecule is CCN(Cc1ccccc1)C(=O)c1c(-c2ccco2)noc1C. The van der Waals surface area contributed by atoms with Gasteiger partial charge >= 0.3 is 0 Å². The first kappa shape index (κ1) is 15.1. The summed E-state index contributed by atoms with van der Waals surface area (Å²) in [7, 11) is 0. The van der Waals surface area contributed by atoms with Gasteiger partial charge in [-0.05, 0) is 31.5 Å². The van der Waals surface area contributed by atoms with Gasteiger partial charge in [-0.15, -0.1) is 0 Å². The van der Waals surface area contributed by atoms with Gasteiger partial charge in [0.15, 0.2) is 11.5 Å². The average molecular weight is 310 g/mol. The molecule has 0 N–H and O–H groups in total. The maximum atomic E-state index is 13.0. The number of nitrogens with zero attached hydrogens (tertiary/aromatic N) is 2. The molecule has 0 atom stereocenters. The Bertz CT molecular complexity index is 776. The summed E-state index contributed by atoms with van der Waals surface area (Å²) in [6.07, 6.45) is 1.55. The lowest BCUT2D eigenvalue weighted by Gasteiger charge is -2.21. The summed E-state index contributed by atoms with van der Waals surface area (Å²) in [5.41, 5.74) is 1.98. The molecule has 5 nitrogen and oxygen atoms in total. The van der Waals surface area contributed by atoms with Gasteiger partial charge in [0.25, 0.3) is 5.91 Å². The maximum absolute atomic E-state index is 13.0. The molecule has 0 saturated carbocycles. The lowest BCUT2D eigenvalue weighted by atomic mass is 10.1. The van der Waals surface area contributed by atoms with Crippen molar-refractivity contribution in [2.45, 2.75) is 20.4 Å². The first-order valence-corrected chi connectivity index (χ1v) is 7.54. The van der Waals surface area contributed by atoms with E-state index in [4.69, 9.17) is 8.94 Å². The highest BCUT2D eigenvalue weighted by atomic mass is 16.5. The van der Waals surface area contributed by atoms with Gasteiger partial charge in [-0.25, -0.2) is 0 Å². The number of amides is 1. The smallest absolute Gasteiger partial charge is 0.260 e. The van der Waals surface area contributed by atoms with Crippen molar-refractivity contribution < 1.29 is 13.7 Å². The topological polar surface area (TPSA) is 59.5 Å². The molecule has 0 aliphatic carbocycles. The Morgan fingerprint density at radius 2 is 1.96 bits per heavy atom. The van der Waals surface area contributed by atoms with Crippen LogP contribution in [0.15, 0.2) is 57.7 Å². The molecule has 23 heavy (non-hydrogen) atoms. The number of aryl methyl sites for hydroxylation is 1. The summed E-state index contributed by atoms with van der Waals surface area (Å²) in [4.78, 5) is 14.7. The second-order valence-corrected chi connectivity index (χ2v) is 5.24. The van der Waals surface area contributed by atoms with Crippen LogP contribution in [0, 0.1) is 6.92 Å². The summed E-state index contributed by atoms with van der Waals surface area (Å²) in [5.74, 6) is 0.912. The van der Waals surface area contributed by atoms with Crippen molar-refractivity contribution in [3.8, 4) is 11.5 Å². The van der Waals surface area contributed by atoms with Crippen molar-refractivity contribution in [2.24, 2.45) is 0 Å². The van der Waals surface area contributed by atoms with Crippen molar-refractivity contribution in [1.29, 1.82) is 0 Å². The monoisotopic (exact) mass is 310 g/mol. The molecule has 1 aromatic carbocycles. The maximum Gasteiger partial charge on any atom is 0.260 e. The minimum atomic E-state index is -0.110. The Morgan fingerprint density at radius 3 is 2.61 bits per heavy atom. The van der Waals surface area contributed by atoms with Crippen LogP contribution in [0.2, 0.25) is 0 Å². The van der Waals surface area contributed by atoms with Crippen LogP contribution in [0.25, 0.3) is 11.5 Å². The summed E-state index contributed by atoms with van der Waals surface area (Å²) in [6, 6.07) is 13.4. The van der Waals surface area contributed by atoms with Gasteiger partial charge in [-0.3, -0.25) is 4.79 Å². The highest BCUT2D eigenvalue weighted by molar-refractivity contribution is 6.00. The van der Waals surface area contributed by atoms with Crippen LogP contribution in [-0.4, -0.2) is 22.5 Å². The number of hydrogen-bond donors (Lipinski definition) is 0. The predicted octanol–water partition coefficient (Wildman–Crippen LogP) is 3.91. The van der Waals surface area contributed by atoms with Crippen LogP contribution in [0.3, 0.4) is 0 Å². The van der Waals surface area contributed by atoms with E-state index in [9.17, 15) is 4.79 Å². The molecule has 0 aliphatic heterocycles. The summed E-state index contributed by atoms with van der Waals surface area (Å²) in [5, 5.41) is 3.99. The normalized spacial score (nSPS) is 10.7. The predicted molar refractivity (Wildman–Crippen MR) is 85.8 cm³/mol. The summed E-state index contributed by atoms with van der Waals surface area (Å²) >= 11 is 0. The van der Waals surface area contributed by atoms with Crippen LogP contribution in [-0.2, 0) is 6.54 Å². The van der Waals surface area contributed by atoms with Gasteiger partial charge in [0.2, 0.25) is 0 Å². The van der Waals surface area contributed by atoms with E-state index in [0.717, 1.165) is 5.56 Å². The number of furan rings is 1. The van der Waals surface area contributed by atoms with Crippen molar-refractivity contribution in [3.63, 3.8) is 0 Å². The third-order valence-electron chi connectivity index (χ3n) is 3.72. The van der Waals surface area contributed by atoms with E-state index in [2.05, 4.69) is 5.16 Å². The molecular weight excluding hydrogens is 292 g/mol. The lowest BCUT2D eigenvalue weighted by molar-refractivity contribution is 0.0751. The van der Waals surface area contributed by atoms with Crippen LogP contribution in [0.1, 0.15) is 28.6 Å². The van der Waals surface area contributed by atoms with Crippen LogP contribution in [0.4, 0.5) is 0 Å². The molecule has 2 heterocycles. The van der Waals surface area contributed by atoms with Crippen molar-refractivity contribution in [3.05, 3.63) is 65.6 Å².